The van der Waals surface area contributed by atoms with Crippen molar-refractivity contribution in [1.29, 1.82) is 0 Å². The van der Waals surface area contributed by atoms with E-state index in [9.17, 15) is 9.00 Å². The van der Waals surface area contributed by atoms with Crippen LogP contribution in [-0.2, 0) is 22.1 Å². The topological polar surface area (TPSA) is 69.6 Å². The smallest absolute Gasteiger partial charge is 0.241 e. The molecular weight excluding hydrogens is 350 g/mol. The zero-order valence-corrected chi connectivity index (χ0v) is 16.1. The van der Waals surface area contributed by atoms with Gasteiger partial charge in [0, 0.05) is 61.7 Å². The number of nitrogens with zero attached hydrogens (tertiary/aromatic N) is 5. The molecule has 1 amide bonds. The molecule has 1 atom stereocenters. The van der Waals surface area contributed by atoms with Gasteiger partial charge < -0.3 is 14.7 Å². The molecule has 138 valence electrons. The van der Waals surface area contributed by atoms with Crippen molar-refractivity contribution in [3.63, 3.8) is 0 Å². The summed E-state index contributed by atoms with van der Waals surface area (Å²) in [6, 6.07) is 9.65. The SMILES string of the molecule is CN1CCN(c2cc(N(C)Cc3ccc(S(C)=O)cc3)ncn2)CC1=O. The summed E-state index contributed by atoms with van der Waals surface area (Å²) in [5.74, 6) is 1.66. The summed E-state index contributed by atoms with van der Waals surface area (Å²) in [6.07, 6.45) is 3.21. The number of benzene rings is 1. The van der Waals surface area contributed by atoms with E-state index >= 15 is 0 Å². The van der Waals surface area contributed by atoms with Gasteiger partial charge in [-0.1, -0.05) is 12.1 Å². The van der Waals surface area contributed by atoms with Crippen LogP contribution in [0.4, 0.5) is 11.6 Å². The largest absolute Gasteiger partial charge is 0.355 e. The van der Waals surface area contributed by atoms with E-state index in [1.165, 1.54) is 6.33 Å². The Balaban J connectivity index is 1.71. The first kappa shape index (κ1) is 18.3. The number of carbonyl (C=O) groups excluding carboxylic acids is 1. The molecule has 26 heavy (non-hydrogen) atoms. The predicted molar refractivity (Wildman–Crippen MR) is 103 cm³/mol. The maximum Gasteiger partial charge on any atom is 0.241 e. The average Bonchev–Trinajstić information content (AvgIpc) is 2.64. The fraction of sp³-hybridized carbons (Fsp3) is 0.389. The van der Waals surface area contributed by atoms with Gasteiger partial charge in [-0.15, -0.1) is 0 Å². The minimum absolute atomic E-state index is 0.0955. The Bertz CT molecular complexity index is 811. The average molecular weight is 373 g/mol. The molecule has 0 bridgehead atoms. The molecule has 0 radical (unpaired) electrons. The number of rotatable bonds is 5. The van der Waals surface area contributed by atoms with E-state index in [1.807, 2.05) is 54.2 Å². The van der Waals surface area contributed by atoms with Gasteiger partial charge in [0.15, 0.2) is 0 Å². The van der Waals surface area contributed by atoms with Crippen molar-refractivity contribution in [2.24, 2.45) is 0 Å². The van der Waals surface area contributed by atoms with Crippen molar-refractivity contribution in [1.82, 2.24) is 14.9 Å². The second kappa shape index (κ2) is 7.82. The van der Waals surface area contributed by atoms with E-state index in [0.29, 0.717) is 19.6 Å². The fourth-order valence-corrected chi connectivity index (χ4v) is 3.33. The van der Waals surface area contributed by atoms with E-state index in [-0.39, 0.29) is 5.91 Å². The monoisotopic (exact) mass is 373 g/mol. The molecular formula is C18H23N5O2S. The maximum absolute atomic E-state index is 11.9. The number of anilines is 2. The van der Waals surface area contributed by atoms with Crippen LogP contribution < -0.4 is 9.80 Å². The van der Waals surface area contributed by atoms with Crippen molar-refractivity contribution < 1.29 is 9.00 Å². The Morgan fingerprint density at radius 1 is 1.19 bits per heavy atom. The highest BCUT2D eigenvalue weighted by Gasteiger charge is 2.22. The van der Waals surface area contributed by atoms with E-state index in [0.717, 1.165) is 28.6 Å². The molecule has 1 aliphatic rings. The lowest BCUT2D eigenvalue weighted by Crippen LogP contribution is -2.48. The number of hydrogen-bond donors (Lipinski definition) is 0. The molecule has 8 heteroatoms. The van der Waals surface area contributed by atoms with Crippen LogP contribution in [-0.4, -0.2) is 65.0 Å². The standard InChI is InChI=1S/C18H23N5O2S/c1-21-8-9-23(12-18(21)24)17-10-16(19-13-20-17)22(2)11-14-4-6-15(7-5-14)26(3)25/h4-7,10,13H,8-9,11-12H2,1-3H3. The van der Waals surface area contributed by atoms with Crippen molar-refractivity contribution >= 4 is 28.3 Å². The number of aromatic nitrogens is 2. The van der Waals surface area contributed by atoms with Gasteiger partial charge in [0.05, 0.1) is 6.54 Å². The molecule has 2 aromatic rings. The first-order chi connectivity index (χ1) is 12.4. The highest BCUT2D eigenvalue weighted by atomic mass is 32.2. The number of amides is 1. The lowest BCUT2D eigenvalue weighted by atomic mass is 10.2. The van der Waals surface area contributed by atoms with Gasteiger partial charge in [-0.05, 0) is 17.7 Å². The Morgan fingerprint density at radius 2 is 1.92 bits per heavy atom. The minimum Gasteiger partial charge on any atom is -0.355 e. The molecule has 1 aromatic heterocycles. The number of likely N-dealkylation sites (N-methyl/N-ethyl adjacent to an activating group) is 1. The maximum atomic E-state index is 11.9. The van der Waals surface area contributed by atoms with Crippen molar-refractivity contribution in [2.45, 2.75) is 11.4 Å². The molecule has 0 aliphatic carbocycles. The Labute approximate surface area is 156 Å². The van der Waals surface area contributed by atoms with Crippen LogP contribution in [0.5, 0.6) is 0 Å². The van der Waals surface area contributed by atoms with Crippen LogP contribution in [0.3, 0.4) is 0 Å². The van der Waals surface area contributed by atoms with E-state index < -0.39 is 10.8 Å². The summed E-state index contributed by atoms with van der Waals surface area (Å²) in [4.78, 5) is 27.2. The third-order valence-corrected chi connectivity index (χ3v) is 5.42. The normalized spacial score (nSPS) is 15.9. The van der Waals surface area contributed by atoms with Gasteiger partial charge >= 0.3 is 0 Å². The van der Waals surface area contributed by atoms with Crippen molar-refractivity contribution in [3.8, 4) is 0 Å². The molecule has 1 aromatic carbocycles. The van der Waals surface area contributed by atoms with Gasteiger partial charge in [0.2, 0.25) is 5.91 Å². The number of carbonyl (C=O) groups is 1. The lowest BCUT2D eigenvalue weighted by Gasteiger charge is -2.33. The lowest BCUT2D eigenvalue weighted by molar-refractivity contribution is -0.129. The van der Waals surface area contributed by atoms with Gasteiger partial charge in [-0.3, -0.25) is 9.00 Å². The highest BCUT2D eigenvalue weighted by molar-refractivity contribution is 7.84. The molecule has 1 unspecified atom stereocenters. The van der Waals surface area contributed by atoms with Crippen LogP contribution in [0.15, 0.2) is 41.6 Å². The molecule has 0 saturated carbocycles. The first-order valence-electron chi connectivity index (χ1n) is 8.38. The van der Waals surface area contributed by atoms with Gasteiger partial charge in [-0.25, -0.2) is 9.97 Å². The summed E-state index contributed by atoms with van der Waals surface area (Å²) in [6.45, 7) is 2.47. The Hall–Kier alpha value is -2.48. The van der Waals surface area contributed by atoms with E-state index in [1.54, 1.807) is 11.2 Å². The summed E-state index contributed by atoms with van der Waals surface area (Å²) >= 11 is 0. The highest BCUT2D eigenvalue weighted by Crippen LogP contribution is 2.20. The van der Waals surface area contributed by atoms with Gasteiger partial charge in [-0.2, -0.15) is 0 Å². The minimum atomic E-state index is -0.968. The predicted octanol–water partition coefficient (Wildman–Crippen LogP) is 1.13. The van der Waals surface area contributed by atoms with Crippen LogP contribution >= 0.6 is 0 Å². The molecule has 7 nitrogen and oxygen atoms in total. The molecule has 0 spiro atoms. The Morgan fingerprint density at radius 3 is 2.58 bits per heavy atom. The quantitative estimate of drug-likeness (QED) is 0.783. The summed E-state index contributed by atoms with van der Waals surface area (Å²) < 4.78 is 11.5. The second-order valence-electron chi connectivity index (χ2n) is 6.43. The van der Waals surface area contributed by atoms with Crippen molar-refractivity contribution in [3.05, 3.63) is 42.2 Å². The molecule has 1 saturated heterocycles. The first-order valence-corrected chi connectivity index (χ1v) is 9.94. The second-order valence-corrected chi connectivity index (χ2v) is 7.81. The summed E-state index contributed by atoms with van der Waals surface area (Å²) in [5.41, 5.74) is 1.11. The van der Waals surface area contributed by atoms with Crippen LogP contribution in [0, 0.1) is 0 Å². The molecule has 2 heterocycles. The van der Waals surface area contributed by atoms with Crippen LogP contribution in [0.1, 0.15) is 5.56 Å². The van der Waals surface area contributed by atoms with Gasteiger partial charge in [0.1, 0.15) is 18.0 Å². The number of hydrogen-bond acceptors (Lipinski definition) is 6. The molecule has 1 fully saturated rings. The van der Waals surface area contributed by atoms with Crippen LogP contribution in [0.25, 0.3) is 0 Å². The third kappa shape index (κ3) is 4.19. The van der Waals surface area contributed by atoms with E-state index in [4.69, 9.17) is 0 Å². The number of piperazine rings is 1. The summed E-state index contributed by atoms with van der Waals surface area (Å²) in [7, 11) is 2.81. The third-order valence-electron chi connectivity index (χ3n) is 4.49. The fourth-order valence-electron chi connectivity index (χ4n) is 2.81. The van der Waals surface area contributed by atoms with Crippen molar-refractivity contribution in [2.75, 3.05) is 49.8 Å². The molecule has 1 aliphatic heterocycles. The zero-order valence-electron chi connectivity index (χ0n) is 15.3. The molecule has 0 N–H and O–H groups in total. The zero-order chi connectivity index (χ0) is 18.7. The molecule has 3 rings (SSSR count). The van der Waals surface area contributed by atoms with Crippen LogP contribution in [0.2, 0.25) is 0 Å². The van der Waals surface area contributed by atoms with Gasteiger partial charge in [0.25, 0.3) is 0 Å². The summed E-state index contributed by atoms with van der Waals surface area (Å²) in [5, 5.41) is 0. The Kier molecular flexibility index (Phi) is 5.51. The van der Waals surface area contributed by atoms with E-state index in [2.05, 4.69) is 9.97 Å².